The molecule has 0 spiro atoms. The number of halogens is 2. The summed E-state index contributed by atoms with van der Waals surface area (Å²) in [4.78, 5) is 3.57. The standard InChI is InChI=1S/C8H10F2N2O4S/c1-15-5-7-11-8(16-12-7)17(13,14)4-2-3-6(9)10/h3H,2,4-5H2,1H3. The minimum absolute atomic E-state index is 0.0119. The maximum absolute atomic E-state index is 11.7. The summed E-state index contributed by atoms with van der Waals surface area (Å²) in [6.45, 7) is 0.0119. The van der Waals surface area contributed by atoms with Crippen molar-refractivity contribution in [3.05, 3.63) is 18.0 Å². The summed E-state index contributed by atoms with van der Waals surface area (Å²) in [7, 11) is -2.44. The van der Waals surface area contributed by atoms with Crippen molar-refractivity contribution in [2.45, 2.75) is 18.3 Å². The predicted octanol–water partition coefficient (Wildman–Crippen LogP) is 1.16. The number of ether oxygens (including phenoxy) is 1. The molecule has 0 bridgehead atoms. The van der Waals surface area contributed by atoms with E-state index in [1.807, 2.05) is 0 Å². The molecule has 0 atom stereocenters. The first-order valence-electron chi connectivity index (χ1n) is 4.51. The summed E-state index contributed by atoms with van der Waals surface area (Å²) in [5, 5.41) is 2.78. The molecule has 96 valence electrons. The van der Waals surface area contributed by atoms with Crippen LogP contribution in [0.1, 0.15) is 12.2 Å². The Morgan fingerprint density at radius 2 is 2.24 bits per heavy atom. The van der Waals surface area contributed by atoms with Gasteiger partial charge < -0.3 is 9.26 Å². The predicted molar refractivity (Wildman–Crippen MR) is 52.0 cm³/mol. The van der Waals surface area contributed by atoms with Crippen molar-refractivity contribution in [1.29, 1.82) is 0 Å². The summed E-state index contributed by atoms with van der Waals surface area (Å²) in [5.41, 5.74) is 0. The molecule has 0 aliphatic carbocycles. The summed E-state index contributed by atoms with van der Waals surface area (Å²) < 4.78 is 55.7. The molecule has 1 aromatic rings. The van der Waals surface area contributed by atoms with Gasteiger partial charge in [0.1, 0.15) is 6.61 Å². The number of methoxy groups -OCH3 is 1. The van der Waals surface area contributed by atoms with Crippen molar-refractivity contribution in [1.82, 2.24) is 10.1 Å². The normalized spacial score (nSPS) is 11.5. The Balaban J connectivity index is 2.72. The first-order chi connectivity index (χ1) is 7.95. The highest BCUT2D eigenvalue weighted by Gasteiger charge is 2.21. The van der Waals surface area contributed by atoms with Gasteiger partial charge in [-0.1, -0.05) is 5.16 Å². The molecular formula is C8H10F2N2O4S. The molecule has 17 heavy (non-hydrogen) atoms. The van der Waals surface area contributed by atoms with Crippen LogP contribution in [0.5, 0.6) is 0 Å². The van der Waals surface area contributed by atoms with Crippen molar-refractivity contribution < 1.29 is 26.5 Å². The highest BCUT2D eigenvalue weighted by Crippen LogP contribution is 2.11. The summed E-state index contributed by atoms with van der Waals surface area (Å²) in [5.74, 6) is -0.433. The monoisotopic (exact) mass is 268 g/mol. The van der Waals surface area contributed by atoms with Gasteiger partial charge in [-0.05, 0) is 12.5 Å². The highest BCUT2D eigenvalue weighted by molar-refractivity contribution is 7.91. The second-order valence-corrected chi connectivity index (χ2v) is 5.00. The molecule has 1 rings (SSSR count). The third kappa shape index (κ3) is 4.19. The first kappa shape index (κ1) is 13.7. The Hall–Kier alpha value is -1.35. The highest BCUT2D eigenvalue weighted by atomic mass is 32.2. The minimum Gasteiger partial charge on any atom is -0.377 e. The Bertz CT molecular complexity index is 493. The van der Waals surface area contributed by atoms with Gasteiger partial charge in [0.15, 0.2) is 5.82 Å². The summed E-state index contributed by atoms with van der Waals surface area (Å²) in [6, 6.07) is 0. The summed E-state index contributed by atoms with van der Waals surface area (Å²) in [6.07, 6.45) is -1.72. The largest absolute Gasteiger partial charge is 0.377 e. The second kappa shape index (κ2) is 5.82. The number of aromatic nitrogens is 2. The van der Waals surface area contributed by atoms with Gasteiger partial charge in [0.25, 0.3) is 6.08 Å². The van der Waals surface area contributed by atoms with Crippen LogP contribution in [0.2, 0.25) is 0 Å². The molecule has 1 heterocycles. The van der Waals surface area contributed by atoms with Crippen LogP contribution in [0.3, 0.4) is 0 Å². The molecule has 0 aliphatic heterocycles. The molecule has 0 saturated heterocycles. The number of hydrogen-bond acceptors (Lipinski definition) is 6. The maximum Gasteiger partial charge on any atom is 0.343 e. The lowest BCUT2D eigenvalue weighted by atomic mass is 10.5. The third-order valence-electron chi connectivity index (χ3n) is 1.67. The van der Waals surface area contributed by atoms with Gasteiger partial charge in [-0.25, -0.2) is 8.42 Å². The molecule has 0 N–H and O–H groups in total. The van der Waals surface area contributed by atoms with E-state index < -0.39 is 26.9 Å². The molecule has 0 radical (unpaired) electrons. The fourth-order valence-electron chi connectivity index (χ4n) is 0.962. The number of rotatable bonds is 6. The molecule has 6 nitrogen and oxygen atoms in total. The molecular weight excluding hydrogens is 258 g/mol. The second-order valence-electron chi connectivity index (χ2n) is 3.01. The Morgan fingerprint density at radius 1 is 1.53 bits per heavy atom. The molecule has 0 saturated carbocycles. The van der Waals surface area contributed by atoms with Crippen LogP contribution in [-0.4, -0.2) is 31.4 Å². The zero-order valence-electron chi connectivity index (χ0n) is 8.89. The van der Waals surface area contributed by atoms with Crippen molar-refractivity contribution in [2.75, 3.05) is 12.9 Å². The van der Waals surface area contributed by atoms with Crippen molar-refractivity contribution >= 4 is 9.84 Å². The van der Waals surface area contributed by atoms with Gasteiger partial charge in [0.2, 0.25) is 9.84 Å². The molecule has 0 aromatic carbocycles. The Morgan fingerprint density at radius 3 is 2.82 bits per heavy atom. The van der Waals surface area contributed by atoms with E-state index in [0.717, 1.165) is 0 Å². The van der Waals surface area contributed by atoms with Crippen LogP contribution in [-0.2, 0) is 21.2 Å². The van der Waals surface area contributed by atoms with E-state index in [-0.39, 0.29) is 18.9 Å². The van der Waals surface area contributed by atoms with Crippen molar-refractivity contribution in [3.8, 4) is 0 Å². The zero-order chi connectivity index (χ0) is 12.9. The number of sulfone groups is 1. The zero-order valence-corrected chi connectivity index (χ0v) is 9.71. The van der Waals surface area contributed by atoms with Crippen LogP contribution in [0.4, 0.5) is 8.78 Å². The molecule has 0 amide bonds. The smallest absolute Gasteiger partial charge is 0.343 e. The van der Waals surface area contributed by atoms with Crippen LogP contribution in [0, 0.1) is 0 Å². The first-order valence-corrected chi connectivity index (χ1v) is 6.16. The third-order valence-corrected chi connectivity index (χ3v) is 3.15. The van der Waals surface area contributed by atoms with Crippen molar-refractivity contribution in [2.24, 2.45) is 0 Å². The minimum atomic E-state index is -3.83. The molecule has 0 unspecified atom stereocenters. The lowest BCUT2D eigenvalue weighted by Crippen LogP contribution is -2.06. The van der Waals surface area contributed by atoms with E-state index in [0.29, 0.717) is 6.08 Å². The van der Waals surface area contributed by atoms with E-state index >= 15 is 0 Å². The number of nitrogens with zero attached hydrogens (tertiary/aromatic N) is 2. The van der Waals surface area contributed by atoms with E-state index in [9.17, 15) is 17.2 Å². The summed E-state index contributed by atoms with van der Waals surface area (Å²) >= 11 is 0. The molecule has 1 aromatic heterocycles. The lowest BCUT2D eigenvalue weighted by molar-refractivity contribution is 0.174. The molecule has 0 fully saturated rings. The van der Waals surface area contributed by atoms with Gasteiger partial charge in [-0.2, -0.15) is 13.8 Å². The van der Waals surface area contributed by atoms with Gasteiger partial charge in [0, 0.05) is 7.11 Å². The molecule has 9 heteroatoms. The van der Waals surface area contributed by atoms with Crippen molar-refractivity contribution in [3.63, 3.8) is 0 Å². The Kier molecular flexibility index (Phi) is 4.70. The van der Waals surface area contributed by atoms with Gasteiger partial charge >= 0.3 is 5.22 Å². The SMILES string of the molecule is COCc1noc(S(=O)(=O)CCC=C(F)F)n1. The van der Waals surface area contributed by atoms with E-state index in [4.69, 9.17) is 0 Å². The van der Waals surface area contributed by atoms with Gasteiger partial charge in [-0.15, -0.1) is 0 Å². The van der Waals surface area contributed by atoms with Gasteiger partial charge in [0.05, 0.1) is 5.75 Å². The fraction of sp³-hybridized carbons (Fsp3) is 0.500. The lowest BCUT2D eigenvalue weighted by Gasteiger charge is -1.94. The Labute approximate surface area is 96.2 Å². The van der Waals surface area contributed by atoms with Crippen LogP contribution in [0.25, 0.3) is 0 Å². The van der Waals surface area contributed by atoms with Crippen LogP contribution < -0.4 is 0 Å². The van der Waals surface area contributed by atoms with Crippen LogP contribution >= 0.6 is 0 Å². The van der Waals surface area contributed by atoms with E-state index in [2.05, 4.69) is 19.4 Å². The quantitative estimate of drug-likeness (QED) is 0.770. The van der Waals surface area contributed by atoms with Gasteiger partial charge in [-0.3, -0.25) is 0 Å². The van der Waals surface area contributed by atoms with Crippen LogP contribution in [0.15, 0.2) is 21.9 Å². The number of hydrogen-bond donors (Lipinski definition) is 0. The van der Waals surface area contributed by atoms with E-state index in [1.165, 1.54) is 7.11 Å². The van der Waals surface area contributed by atoms with E-state index in [1.54, 1.807) is 0 Å². The number of allylic oxidation sites excluding steroid dienone is 1. The topological polar surface area (TPSA) is 82.3 Å². The average molecular weight is 268 g/mol. The molecule has 0 aliphatic rings. The average Bonchev–Trinajstić information content (AvgIpc) is 2.66. The fourth-order valence-corrected chi connectivity index (χ4v) is 1.96. The maximum atomic E-state index is 11.7.